The molecule has 0 spiro atoms. The number of ketones is 1. The Labute approximate surface area is 391 Å². The quantitative estimate of drug-likeness (QED) is 0.0959. The fourth-order valence-corrected chi connectivity index (χ4v) is 10.1. The standard InChI is InChI=1S/C55H70N8O3/c1-54(2,3)65-52-49(58-45-19-11-13-21-47(45)60-52)35-62-27-23-37(24-28-62)43(31-39-15-7-9-17-41(39)33-56)51(64)44(32-40-16-8-10-18-42(40)34-57)38-25-29-63(30-26-38)36-50-53(66-55(4,5)6)61-48-22-14-12-20-46(48)59-50/h7-22,37-38,43-44H,23-36,56-57H2,1-6H3. The molecule has 6 aromatic rings. The Morgan fingerprint density at radius 3 is 1.18 bits per heavy atom. The molecular weight excluding hydrogens is 821 g/mol. The normalized spacial score (nSPS) is 17.0. The van der Waals surface area contributed by atoms with E-state index < -0.39 is 11.2 Å². The molecule has 2 aromatic heterocycles. The molecule has 66 heavy (non-hydrogen) atoms. The van der Waals surface area contributed by atoms with Gasteiger partial charge in [0.2, 0.25) is 11.8 Å². The highest BCUT2D eigenvalue weighted by molar-refractivity contribution is 5.85. The van der Waals surface area contributed by atoms with Crippen LogP contribution in [0.1, 0.15) is 101 Å². The van der Waals surface area contributed by atoms with Crippen LogP contribution in [-0.2, 0) is 43.8 Å². The highest BCUT2D eigenvalue weighted by Gasteiger charge is 2.40. The zero-order chi connectivity index (χ0) is 46.4. The fraction of sp³-hybridized carbons (Fsp3) is 0.473. The Bertz CT molecular complexity index is 2410. The number of hydrogen-bond acceptors (Lipinski definition) is 11. The predicted octanol–water partition coefficient (Wildman–Crippen LogP) is 9.26. The van der Waals surface area contributed by atoms with Gasteiger partial charge in [-0.3, -0.25) is 14.6 Å². The number of carbonyl (C=O) groups excluding carboxylic acids is 1. The summed E-state index contributed by atoms with van der Waals surface area (Å²) in [5, 5.41) is 0. The first-order chi connectivity index (χ1) is 31.7. The van der Waals surface area contributed by atoms with Crippen LogP contribution in [-0.4, -0.2) is 72.9 Å². The van der Waals surface area contributed by atoms with E-state index in [0.29, 0.717) is 56.6 Å². The van der Waals surface area contributed by atoms with Crippen molar-refractivity contribution in [1.82, 2.24) is 29.7 Å². The molecule has 0 bridgehead atoms. The summed E-state index contributed by atoms with van der Waals surface area (Å²) in [5.41, 5.74) is 21.5. The molecule has 2 aliphatic heterocycles. The van der Waals surface area contributed by atoms with Gasteiger partial charge >= 0.3 is 0 Å². The van der Waals surface area contributed by atoms with Crippen LogP contribution in [0.15, 0.2) is 97.1 Å². The maximum atomic E-state index is 15.8. The molecular formula is C55H70N8O3. The maximum Gasteiger partial charge on any atom is 0.238 e. The molecule has 2 unspecified atom stereocenters. The summed E-state index contributed by atoms with van der Waals surface area (Å²) in [4.78, 5) is 40.8. The van der Waals surface area contributed by atoms with Crippen molar-refractivity contribution < 1.29 is 14.3 Å². The van der Waals surface area contributed by atoms with Crippen LogP contribution in [0.3, 0.4) is 0 Å². The van der Waals surface area contributed by atoms with Gasteiger partial charge in [-0.1, -0.05) is 72.8 Å². The minimum Gasteiger partial charge on any atom is -0.471 e. The van der Waals surface area contributed by atoms with E-state index in [-0.39, 0.29) is 23.7 Å². The van der Waals surface area contributed by atoms with Crippen molar-refractivity contribution in [2.45, 2.75) is 117 Å². The Kier molecular flexibility index (Phi) is 14.8. The molecule has 2 atom stereocenters. The smallest absolute Gasteiger partial charge is 0.238 e. The van der Waals surface area contributed by atoms with E-state index >= 15 is 4.79 Å². The number of aromatic nitrogens is 4. The predicted molar refractivity (Wildman–Crippen MR) is 264 cm³/mol. The molecule has 11 nitrogen and oxygen atoms in total. The third-order valence-corrected chi connectivity index (χ3v) is 13.5. The minimum atomic E-state index is -0.416. The first-order valence-electron chi connectivity index (χ1n) is 24.1. The topological polar surface area (TPSA) is 146 Å². The van der Waals surface area contributed by atoms with Gasteiger partial charge < -0.3 is 20.9 Å². The number of benzene rings is 4. The van der Waals surface area contributed by atoms with Gasteiger partial charge in [-0.2, -0.15) is 0 Å². The molecule has 0 radical (unpaired) electrons. The molecule has 2 fully saturated rings. The van der Waals surface area contributed by atoms with Gasteiger partial charge in [-0.25, -0.2) is 19.9 Å². The number of ether oxygens (including phenoxy) is 2. The van der Waals surface area contributed by atoms with Crippen molar-refractivity contribution in [2.75, 3.05) is 26.2 Å². The van der Waals surface area contributed by atoms with Crippen molar-refractivity contribution in [3.8, 4) is 11.8 Å². The Morgan fingerprint density at radius 1 is 0.530 bits per heavy atom. The lowest BCUT2D eigenvalue weighted by Crippen LogP contribution is -2.44. The molecule has 4 N–H and O–H groups in total. The molecule has 11 heteroatoms. The Hall–Kier alpha value is -5.33. The van der Waals surface area contributed by atoms with Crippen LogP contribution < -0.4 is 20.9 Å². The molecule has 0 saturated carbocycles. The van der Waals surface area contributed by atoms with Crippen molar-refractivity contribution in [1.29, 1.82) is 0 Å². The van der Waals surface area contributed by atoms with Gasteiger partial charge in [-0.05, 0) is 165 Å². The molecule has 4 heterocycles. The number of para-hydroxylation sites is 4. The molecule has 8 rings (SSSR count). The van der Waals surface area contributed by atoms with Gasteiger partial charge in [0.1, 0.15) is 28.4 Å². The monoisotopic (exact) mass is 891 g/mol. The van der Waals surface area contributed by atoms with E-state index in [2.05, 4.69) is 58.3 Å². The second-order valence-electron chi connectivity index (χ2n) is 20.6. The van der Waals surface area contributed by atoms with Crippen molar-refractivity contribution in [2.24, 2.45) is 35.1 Å². The summed E-state index contributed by atoms with van der Waals surface area (Å²) in [6.45, 7) is 17.9. The van der Waals surface area contributed by atoms with E-state index in [4.69, 9.17) is 40.9 Å². The van der Waals surface area contributed by atoms with Crippen molar-refractivity contribution in [3.05, 3.63) is 131 Å². The first kappa shape index (κ1) is 47.2. The summed E-state index contributed by atoms with van der Waals surface area (Å²) >= 11 is 0. The Balaban J connectivity index is 1.05. The van der Waals surface area contributed by atoms with Crippen LogP contribution >= 0.6 is 0 Å². The first-order valence-corrected chi connectivity index (χ1v) is 24.1. The zero-order valence-electron chi connectivity index (χ0n) is 40.0. The number of nitrogens with two attached hydrogens (primary N) is 2. The van der Waals surface area contributed by atoms with Crippen molar-refractivity contribution in [3.63, 3.8) is 0 Å². The van der Waals surface area contributed by atoms with Crippen LogP contribution in [0.5, 0.6) is 11.8 Å². The lowest BCUT2D eigenvalue weighted by atomic mass is 9.69. The number of rotatable bonds is 16. The lowest BCUT2D eigenvalue weighted by Gasteiger charge is -2.40. The summed E-state index contributed by atoms with van der Waals surface area (Å²) in [6.07, 6.45) is 5.01. The van der Waals surface area contributed by atoms with Crippen molar-refractivity contribution >= 4 is 27.9 Å². The summed E-state index contributed by atoms with van der Waals surface area (Å²) in [7, 11) is 0. The largest absolute Gasteiger partial charge is 0.471 e. The molecule has 4 aromatic carbocycles. The van der Waals surface area contributed by atoms with Crippen LogP contribution in [0, 0.1) is 23.7 Å². The van der Waals surface area contributed by atoms with Gasteiger partial charge in [-0.15, -0.1) is 0 Å². The lowest BCUT2D eigenvalue weighted by molar-refractivity contribution is -0.131. The highest BCUT2D eigenvalue weighted by Crippen LogP contribution is 2.39. The number of fused-ring (bicyclic) bond motifs is 2. The number of hydrogen-bond donors (Lipinski definition) is 2. The number of nitrogens with zero attached hydrogens (tertiary/aromatic N) is 6. The molecule has 0 amide bonds. The fourth-order valence-electron chi connectivity index (χ4n) is 10.1. The van der Waals surface area contributed by atoms with Gasteiger partial charge in [0.05, 0.1) is 22.1 Å². The summed E-state index contributed by atoms with van der Waals surface area (Å²) in [6, 6.07) is 32.8. The van der Waals surface area contributed by atoms with Gasteiger partial charge in [0.15, 0.2) is 0 Å². The minimum absolute atomic E-state index is 0.154. The molecule has 2 aliphatic rings. The van der Waals surface area contributed by atoms with E-state index in [1.807, 2.05) is 90.1 Å². The summed E-state index contributed by atoms with van der Waals surface area (Å²) in [5.74, 6) is 1.68. The van der Waals surface area contributed by atoms with E-state index in [9.17, 15) is 0 Å². The average molecular weight is 891 g/mol. The second-order valence-corrected chi connectivity index (χ2v) is 20.6. The number of piperidine rings is 2. The average Bonchev–Trinajstić information content (AvgIpc) is 3.30. The number of likely N-dealkylation sites (tertiary alicyclic amines) is 2. The maximum absolute atomic E-state index is 15.8. The van der Waals surface area contributed by atoms with E-state index in [1.165, 1.54) is 11.1 Å². The third kappa shape index (κ3) is 11.8. The molecule has 348 valence electrons. The molecule has 0 aliphatic carbocycles. The van der Waals surface area contributed by atoms with Gasteiger partial charge in [0.25, 0.3) is 0 Å². The van der Waals surface area contributed by atoms with Crippen LogP contribution in [0.4, 0.5) is 0 Å². The number of Topliss-reactive ketones (excluding diaryl/α,β-unsaturated/α-hetero) is 1. The number of carbonyl (C=O) groups is 1. The van der Waals surface area contributed by atoms with E-state index in [0.717, 1.165) is 96.4 Å². The van der Waals surface area contributed by atoms with Crippen LogP contribution in [0.2, 0.25) is 0 Å². The zero-order valence-corrected chi connectivity index (χ0v) is 40.0. The highest BCUT2D eigenvalue weighted by atomic mass is 16.5. The van der Waals surface area contributed by atoms with Crippen LogP contribution in [0.25, 0.3) is 22.1 Å². The van der Waals surface area contributed by atoms with Gasteiger partial charge in [0, 0.05) is 38.0 Å². The van der Waals surface area contributed by atoms with E-state index in [1.54, 1.807) is 0 Å². The summed E-state index contributed by atoms with van der Waals surface area (Å²) < 4.78 is 12.8. The third-order valence-electron chi connectivity index (χ3n) is 13.5. The Morgan fingerprint density at radius 2 is 0.848 bits per heavy atom. The SMILES string of the molecule is CC(C)(C)Oc1nc2ccccc2nc1CN1CCC(C(Cc2ccccc2CN)C(=O)C(Cc2ccccc2CN)C2CCN(Cc3nc4ccccc4nc3OC(C)(C)C)CC2)CC1. The second kappa shape index (κ2) is 20.7. The molecule has 2 saturated heterocycles.